The Labute approximate surface area is 388 Å². The number of esters is 2. The molecular formula is C57H110O5. The zero-order valence-corrected chi connectivity index (χ0v) is 42.4. The van der Waals surface area contributed by atoms with Crippen LogP contribution >= 0.6 is 0 Å². The first-order valence-electron chi connectivity index (χ1n) is 28.2. The third-order valence-corrected chi connectivity index (χ3v) is 12.8. The molecule has 0 aromatic heterocycles. The van der Waals surface area contributed by atoms with Crippen molar-refractivity contribution < 1.29 is 23.8 Å². The number of carbonyl (C=O) groups is 2. The lowest BCUT2D eigenvalue weighted by Gasteiger charge is -2.18. The minimum absolute atomic E-state index is 0.0938. The van der Waals surface area contributed by atoms with Crippen LogP contribution in [0, 0.1) is 0 Å². The van der Waals surface area contributed by atoms with E-state index >= 15 is 0 Å². The number of hydrogen-bond donors (Lipinski definition) is 0. The van der Waals surface area contributed by atoms with Crippen molar-refractivity contribution in [1.29, 1.82) is 0 Å². The molecule has 368 valence electrons. The zero-order chi connectivity index (χ0) is 44.9. The SMILES string of the molecule is CCCCCCCC/C=C\CCCCCCCCCCCC(=O)OCC(COCCCCCCCCCCCC)OC(=O)CCCCCCCCCCCCCCCCCCC. The van der Waals surface area contributed by atoms with Crippen molar-refractivity contribution in [2.24, 2.45) is 0 Å². The van der Waals surface area contributed by atoms with Gasteiger partial charge in [-0.2, -0.15) is 0 Å². The lowest BCUT2D eigenvalue weighted by molar-refractivity contribution is -0.163. The molecule has 0 radical (unpaired) electrons. The van der Waals surface area contributed by atoms with Gasteiger partial charge in [-0.25, -0.2) is 0 Å². The minimum atomic E-state index is -0.526. The average Bonchev–Trinajstić information content (AvgIpc) is 3.27. The smallest absolute Gasteiger partial charge is 0.306 e. The standard InChI is InChI=1S/C57H110O5/c1-4-7-10-13-16-19-22-24-26-28-29-31-32-34-36-38-41-44-47-50-56(58)61-54-55(53-60-52-49-46-43-40-21-18-15-12-9-6-3)62-57(59)51-48-45-42-39-37-35-33-30-27-25-23-20-17-14-11-8-5-2/h24,26,55H,4-23,25,27-54H2,1-3H3/b26-24-. The highest BCUT2D eigenvalue weighted by molar-refractivity contribution is 5.70. The van der Waals surface area contributed by atoms with Gasteiger partial charge in [0.2, 0.25) is 0 Å². The van der Waals surface area contributed by atoms with Crippen molar-refractivity contribution in [2.45, 2.75) is 322 Å². The van der Waals surface area contributed by atoms with E-state index in [9.17, 15) is 9.59 Å². The highest BCUT2D eigenvalue weighted by atomic mass is 16.6. The molecule has 5 heteroatoms. The second-order valence-electron chi connectivity index (χ2n) is 19.2. The molecule has 0 amide bonds. The number of hydrogen-bond acceptors (Lipinski definition) is 5. The van der Waals surface area contributed by atoms with Crippen molar-refractivity contribution in [2.75, 3.05) is 19.8 Å². The Bertz CT molecular complexity index is 902. The van der Waals surface area contributed by atoms with Gasteiger partial charge in [0.05, 0.1) is 6.61 Å². The summed E-state index contributed by atoms with van der Waals surface area (Å²) in [6, 6.07) is 0. The van der Waals surface area contributed by atoms with E-state index in [1.807, 2.05) is 0 Å². The van der Waals surface area contributed by atoms with Gasteiger partial charge in [-0.1, -0.05) is 270 Å². The second kappa shape index (κ2) is 54.0. The lowest BCUT2D eigenvalue weighted by Crippen LogP contribution is -2.30. The first kappa shape index (κ1) is 60.6. The summed E-state index contributed by atoms with van der Waals surface area (Å²) in [7, 11) is 0. The maximum Gasteiger partial charge on any atom is 0.306 e. The molecule has 0 aliphatic rings. The topological polar surface area (TPSA) is 61.8 Å². The van der Waals surface area contributed by atoms with E-state index in [4.69, 9.17) is 14.2 Å². The lowest BCUT2D eigenvalue weighted by atomic mass is 10.0. The van der Waals surface area contributed by atoms with Crippen LogP contribution in [0.15, 0.2) is 12.2 Å². The Kier molecular flexibility index (Phi) is 52.8. The minimum Gasteiger partial charge on any atom is -0.462 e. The van der Waals surface area contributed by atoms with E-state index < -0.39 is 6.10 Å². The number of allylic oxidation sites excluding steroid dienone is 2. The second-order valence-corrected chi connectivity index (χ2v) is 19.2. The number of unbranched alkanes of at least 4 members (excludes halogenated alkanes) is 40. The molecule has 0 heterocycles. The summed E-state index contributed by atoms with van der Waals surface area (Å²) in [5.41, 5.74) is 0. The van der Waals surface area contributed by atoms with Gasteiger partial charge < -0.3 is 14.2 Å². The number of ether oxygens (including phenoxy) is 3. The normalized spacial score (nSPS) is 12.1. The Balaban J connectivity index is 4.13. The molecule has 0 fully saturated rings. The molecule has 5 nitrogen and oxygen atoms in total. The van der Waals surface area contributed by atoms with Crippen LogP contribution in [0.3, 0.4) is 0 Å². The summed E-state index contributed by atoms with van der Waals surface area (Å²) in [5, 5.41) is 0. The molecule has 1 unspecified atom stereocenters. The molecule has 0 rings (SSSR count). The first-order chi connectivity index (χ1) is 30.6. The summed E-state index contributed by atoms with van der Waals surface area (Å²) in [4.78, 5) is 25.4. The average molecular weight is 876 g/mol. The maximum atomic E-state index is 12.8. The first-order valence-corrected chi connectivity index (χ1v) is 28.2. The van der Waals surface area contributed by atoms with Crippen LogP contribution in [0.2, 0.25) is 0 Å². The molecule has 0 aromatic carbocycles. The molecule has 1 atom stereocenters. The van der Waals surface area contributed by atoms with Crippen molar-refractivity contribution in [3.05, 3.63) is 12.2 Å². The van der Waals surface area contributed by atoms with E-state index in [1.165, 1.54) is 250 Å². The molecule has 0 bridgehead atoms. The third-order valence-electron chi connectivity index (χ3n) is 12.8. The molecule has 0 aliphatic carbocycles. The molecule has 0 saturated heterocycles. The van der Waals surface area contributed by atoms with Crippen LogP contribution < -0.4 is 0 Å². The van der Waals surface area contributed by atoms with Crippen molar-refractivity contribution in [1.82, 2.24) is 0 Å². The van der Waals surface area contributed by atoms with Crippen molar-refractivity contribution >= 4 is 11.9 Å². The number of carbonyl (C=O) groups excluding carboxylic acids is 2. The van der Waals surface area contributed by atoms with Gasteiger partial charge in [0.15, 0.2) is 6.10 Å². The van der Waals surface area contributed by atoms with Gasteiger partial charge in [0.25, 0.3) is 0 Å². The van der Waals surface area contributed by atoms with Gasteiger partial charge in [-0.05, 0) is 44.9 Å². The Hall–Kier alpha value is -1.36. The molecule has 0 aromatic rings. The van der Waals surface area contributed by atoms with Gasteiger partial charge >= 0.3 is 11.9 Å². The van der Waals surface area contributed by atoms with Crippen LogP contribution in [-0.4, -0.2) is 37.9 Å². The number of rotatable bonds is 53. The summed E-state index contributed by atoms with van der Waals surface area (Å²) < 4.78 is 17.4. The maximum absolute atomic E-state index is 12.8. The van der Waals surface area contributed by atoms with Gasteiger partial charge in [-0.15, -0.1) is 0 Å². The van der Waals surface area contributed by atoms with E-state index in [0.29, 0.717) is 26.1 Å². The monoisotopic (exact) mass is 875 g/mol. The fraction of sp³-hybridized carbons (Fsp3) is 0.930. The summed E-state index contributed by atoms with van der Waals surface area (Å²) in [6.07, 6.45) is 62.3. The van der Waals surface area contributed by atoms with Crippen LogP contribution in [0.25, 0.3) is 0 Å². The van der Waals surface area contributed by atoms with E-state index in [2.05, 4.69) is 32.9 Å². The summed E-state index contributed by atoms with van der Waals surface area (Å²) >= 11 is 0. The zero-order valence-electron chi connectivity index (χ0n) is 42.4. The molecular weight excluding hydrogens is 765 g/mol. The quantitative estimate of drug-likeness (QED) is 0.0346. The molecule has 0 N–H and O–H groups in total. The van der Waals surface area contributed by atoms with Crippen LogP contribution in [0.1, 0.15) is 316 Å². The summed E-state index contributed by atoms with van der Waals surface area (Å²) in [5.74, 6) is -0.375. The highest BCUT2D eigenvalue weighted by Gasteiger charge is 2.17. The van der Waals surface area contributed by atoms with Crippen molar-refractivity contribution in [3.63, 3.8) is 0 Å². The van der Waals surface area contributed by atoms with Crippen LogP contribution in [0.5, 0.6) is 0 Å². The van der Waals surface area contributed by atoms with Gasteiger partial charge in [0, 0.05) is 19.4 Å². The van der Waals surface area contributed by atoms with Crippen LogP contribution in [-0.2, 0) is 23.8 Å². The Morgan fingerprint density at radius 1 is 0.339 bits per heavy atom. The largest absolute Gasteiger partial charge is 0.462 e. The molecule has 0 aliphatic heterocycles. The van der Waals surface area contributed by atoms with E-state index in [-0.39, 0.29) is 18.5 Å². The molecule has 62 heavy (non-hydrogen) atoms. The Morgan fingerprint density at radius 2 is 0.629 bits per heavy atom. The fourth-order valence-corrected chi connectivity index (χ4v) is 8.57. The predicted octanol–water partition coefficient (Wildman–Crippen LogP) is 19.0. The molecule has 0 saturated carbocycles. The highest BCUT2D eigenvalue weighted by Crippen LogP contribution is 2.17. The fourth-order valence-electron chi connectivity index (χ4n) is 8.57. The van der Waals surface area contributed by atoms with Crippen molar-refractivity contribution in [3.8, 4) is 0 Å². The summed E-state index contributed by atoms with van der Waals surface area (Å²) in [6.45, 7) is 7.89. The third kappa shape index (κ3) is 51.3. The molecule has 0 spiro atoms. The van der Waals surface area contributed by atoms with E-state index in [0.717, 1.165) is 32.1 Å². The Morgan fingerprint density at radius 3 is 0.984 bits per heavy atom. The van der Waals surface area contributed by atoms with Gasteiger partial charge in [0.1, 0.15) is 6.61 Å². The van der Waals surface area contributed by atoms with E-state index in [1.54, 1.807) is 0 Å². The predicted molar refractivity (Wildman–Crippen MR) is 270 cm³/mol. The van der Waals surface area contributed by atoms with Gasteiger partial charge in [-0.3, -0.25) is 9.59 Å². The van der Waals surface area contributed by atoms with Crippen LogP contribution in [0.4, 0.5) is 0 Å².